The van der Waals surface area contributed by atoms with Crippen molar-refractivity contribution in [3.8, 4) is 0 Å². The third-order valence-corrected chi connectivity index (χ3v) is 1.76. The molecule has 0 bridgehead atoms. The van der Waals surface area contributed by atoms with Crippen LogP contribution in [-0.4, -0.2) is 18.1 Å². The van der Waals surface area contributed by atoms with Crippen LogP contribution in [0.5, 0.6) is 0 Å². The third kappa shape index (κ3) is 1.47. The van der Waals surface area contributed by atoms with Crippen LogP contribution in [0, 0.1) is 6.92 Å². The van der Waals surface area contributed by atoms with E-state index >= 15 is 0 Å². The number of hydrogen-bond acceptors (Lipinski definition) is 3. The van der Waals surface area contributed by atoms with Crippen molar-refractivity contribution in [2.24, 2.45) is 0 Å². The van der Waals surface area contributed by atoms with E-state index in [0.29, 0.717) is 12.2 Å². The van der Waals surface area contributed by atoms with Gasteiger partial charge in [-0.2, -0.15) is 0 Å². The Morgan fingerprint density at radius 3 is 2.83 bits per heavy atom. The van der Waals surface area contributed by atoms with Gasteiger partial charge in [0.25, 0.3) is 0 Å². The highest BCUT2D eigenvalue weighted by Gasteiger charge is 2.13. The number of carbonyl (C=O) groups is 1. The molecule has 0 aromatic carbocycles. The molecule has 4 heteroatoms. The summed E-state index contributed by atoms with van der Waals surface area (Å²) in [5.41, 5.74) is 0.738. The van der Waals surface area contributed by atoms with Crippen LogP contribution < -0.4 is 4.90 Å². The lowest BCUT2D eigenvalue weighted by Gasteiger charge is -2.13. The van der Waals surface area contributed by atoms with Gasteiger partial charge in [-0.1, -0.05) is 12.1 Å². The minimum atomic E-state index is 0.0568. The molecule has 0 aliphatic rings. The number of carbonyl (C=O) groups excluding carboxylic acids is 1. The molecule has 66 valence electrons. The van der Waals surface area contributed by atoms with E-state index in [1.165, 1.54) is 0 Å². The van der Waals surface area contributed by atoms with Gasteiger partial charge in [-0.15, -0.1) is 0 Å². The summed E-state index contributed by atoms with van der Waals surface area (Å²) in [5.74, 6) is 0.723. The number of aryl methyl sites for hydroxylation is 1. The van der Waals surface area contributed by atoms with Crippen molar-refractivity contribution in [3.05, 3.63) is 12.0 Å². The van der Waals surface area contributed by atoms with Gasteiger partial charge in [0.1, 0.15) is 5.69 Å². The van der Waals surface area contributed by atoms with Crippen LogP contribution in [0.1, 0.15) is 19.1 Å². The SMILES string of the molecule is CCC(=O)N(C)c1cnoc1C. The molecule has 1 aromatic heterocycles. The first-order chi connectivity index (χ1) is 5.66. The Bertz CT molecular complexity index is 280. The van der Waals surface area contributed by atoms with Gasteiger partial charge in [-0.3, -0.25) is 4.79 Å². The summed E-state index contributed by atoms with van der Waals surface area (Å²) < 4.78 is 4.84. The molecule has 0 N–H and O–H groups in total. The summed E-state index contributed by atoms with van der Waals surface area (Å²) in [6.07, 6.45) is 2.03. The molecule has 1 amide bonds. The molecule has 0 unspecified atom stereocenters. The van der Waals surface area contributed by atoms with Crippen LogP contribution in [0.15, 0.2) is 10.7 Å². The van der Waals surface area contributed by atoms with Crippen molar-refractivity contribution >= 4 is 11.6 Å². The first kappa shape index (κ1) is 8.77. The molecule has 0 spiro atoms. The summed E-state index contributed by atoms with van der Waals surface area (Å²) in [4.78, 5) is 12.8. The molecule has 0 aliphatic heterocycles. The minimum absolute atomic E-state index is 0.0568. The van der Waals surface area contributed by atoms with Gasteiger partial charge in [0.2, 0.25) is 5.91 Å². The molecule has 1 aromatic rings. The molecule has 12 heavy (non-hydrogen) atoms. The molecule has 0 saturated carbocycles. The monoisotopic (exact) mass is 168 g/mol. The lowest BCUT2D eigenvalue weighted by molar-refractivity contribution is -0.118. The first-order valence-electron chi connectivity index (χ1n) is 3.84. The predicted octanol–water partition coefficient (Wildman–Crippen LogP) is 1.36. The highest BCUT2D eigenvalue weighted by Crippen LogP contribution is 2.17. The smallest absolute Gasteiger partial charge is 0.226 e. The number of hydrogen-bond donors (Lipinski definition) is 0. The van der Waals surface area contributed by atoms with Crippen LogP contribution >= 0.6 is 0 Å². The molecular formula is C8H12N2O2. The van der Waals surface area contributed by atoms with Crippen molar-refractivity contribution < 1.29 is 9.32 Å². The van der Waals surface area contributed by atoms with E-state index in [-0.39, 0.29) is 5.91 Å². The average Bonchev–Trinajstić information content (AvgIpc) is 2.48. The average molecular weight is 168 g/mol. The zero-order valence-electron chi connectivity index (χ0n) is 7.50. The van der Waals surface area contributed by atoms with Crippen molar-refractivity contribution in [1.29, 1.82) is 0 Å². The Balaban J connectivity index is 2.84. The fraction of sp³-hybridized carbons (Fsp3) is 0.500. The highest BCUT2D eigenvalue weighted by molar-refractivity contribution is 5.92. The lowest BCUT2D eigenvalue weighted by Crippen LogP contribution is -2.25. The maximum absolute atomic E-state index is 11.2. The fourth-order valence-electron chi connectivity index (χ4n) is 0.987. The standard InChI is InChI=1S/C8H12N2O2/c1-4-8(11)10(3)7-5-9-12-6(7)2/h5H,4H2,1-3H3. The second-order valence-electron chi connectivity index (χ2n) is 2.57. The van der Waals surface area contributed by atoms with Crippen molar-refractivity contribution in [2.45, 2.75) is 20.3 Å². The van der Waals surface area contributed by atoms with E-state index in [1.54, 1.807) is 25.1 Å². The normalized spacial score (nSPS) is 9.92. The van der Waals surface area contributed by atoms with E-state index < -0.39 is 0 Å². The molecule has 4 nitrogen and oxygen atoms in total. The maximum Gasteiger partial charge on any atom is 0.226 e. The molecule has 1 heterocycles. The van der Waals surface area contributed by atoms with Gasteiger partial charge < -0.3 is 9.42 Å². The summed E-state index contributed by atoms with van der Waals surface area (Å²) in [6.45, 7) is 3.60. The Morgan fingerprint density at radius 1 is 1.75 bits per heavy atom. The molecule has 0 atom stereocenters. The zero-order valence-corrected chi connectivity index (χ0v) is 7.50. The number of nitrogens with zero attached hydrogens (tertiary/aromatic N) is 2. The summed E-state index contributed by atoms with van der Waals surface area (Å²) in [6, 6.07) is 0. The summed E-state index contributed by atoms with van der Waals surface area (Å²) >= 11 is 0. The van der Waals surface area contributed by atoms with E-state index in [9.17, 15) is 4.79 Å². The van der Waals surface area contributed by atoms with Crippen LogP contribution in [0.2, 0.25) is 0 Å². The zero-order chi connectivity index (χ0) is 9.14. The van der Waals surface area contributed by atoms with Crippen molar-refractivity contribution in [3.63, 3.8) is 0 Å². The molecular weight excluding hydrogens is 156 g/mol. The van der Waals surface area contributed by atoms with E-state index in [4.69, 9.17) is 4.52 Å². The second kappa shape index (κ2) is 3.38. The Kier molecular flexibility index (Phi) is 2.47. The van der Waals surface area contributed by atoms with Gasteiger partial charge >= 0.3 is 0 Å². The Labute approximate surface area is 71.1 Å². The molecule has 1 rings (SSSR count). The predicted molar refractivity (Wildman–Crippen MR) is 44.9 cm³/mol. The third-order valence-electron chi connectivity index (χ3n) is 1.76. The van der Waals surface area contributed by atoms with Gasteiger partial charge in [-0.05, 0) is 6.92 Å². The van der Waals surface area contributed by atoms with E-state index in [1.807, 2.05) is 6.92 Å². The Hall–Kier alpha value is -1.32. The molecule has 0 radical (unpaired) electrons. The van der Waals surface area contributed by atoms with Crippen molar-refractivity contribution in [1.82, 2.24) is 5.16 Å². The number of rotatable bonds is 2. The van der Waals surface area contributed by atoms with Crippen LogP contribution in [-0.2, 0) is 4.79 Å². The van der Waals surface area contributed by atoms with Gasteiger partial charge in [-0.25, -0.2) is 0 Å². The van der Waals surface area contributed by atoms with Gasteiger partial charge in [0, 0.05) is 13.5 Å². The van der Waals surface area contributed by atoms with Crippen LogP contribution in [0.3, 0.4) is 0 Å². The minimum Gasteiger partial charge on any atom is -0.359 e. The second-order valence-corrected chi connectivity index (χ2v) is 2.57. The number of amides is 1. The van der Waals surface area contributed by atoms with Crippen molar-refractivity contribution in [2.75, 3.05) is 11.9 Å². The Morgan fingerprint density at radius 2 is 2.42 bits per heavy atom. The summed E-state index contributed by atoms with van der Waals surface area (Å²) in [5, 5.41) is 3.59. The lowest BCUT2D eigenvalue weighted by atomic mass is 10.3. The molecule has 0 saturated heterocycles. The van der Waals surface area contributed by atoms with Gasteiger partial charge in [0.05, 0.1) is 6.20 Å². The van der Waals surface area contributed by atoms with Crippen LogP contribution in [0.4, 0.5) is 5.69 Å². The number of aromatic nitrogens is 1. The largest absolute Gasteiger partial charge is 0.359 e. The fourth-order valence-corrected chi connectivity index (χ4v) is 0.987. The number of anilines is 1. The molecule has 0 fully saturated rings. The van der Waals surface area contributed by atoms with Gasteiger partial charge in [0.15, 0.2) is 5.76 Å². The molecule has 0 aliphatic carbocycles. The van der Waals surface area contributed by atoms with E-state index in [2.05, 4.69) is 5.16 Å². The quantitative estimate of drug-likeness (QED) is 0.669. The maximum atomic E-state index is 11.2. The van der Waals surface area contributed by atoms with Crippen LogP contribution in [0.25, 0.3) is 0 Å². The first-order valence-corrected chi connectivity index (χ1v) is 3.84. The highest BCUT2D eigenvalue weighted by atomic mass is 16.5. The topological polar surface area (TPSA) is 46.3 Å². The summed E-state index contributed by atoms with van der Waals surface area (Å²) in [7, 11) is 1.71. The van der Waals surface area contributed by atoms with E-state index in [0.717, 1.165) is 5.69 Å².